The number of ether oxygens (including phenoxy) is 2. The molecule has 0 amide bonds. The molecule has 5 heterocycles. The summed E-state index contributed by atoms with van der Waals surface area (Å²) in [5.74, 6) is 2.92. The number of likely N-dealkylation sites (N-methyl/N-ethyl adjacent to an activating group) is 1. The van der Waals surface area contributed by atoms with Crippen LogP contribution >= 0.6 is 11.6 Å². The maximum Gasteiger partial charge on any atom is 0.319 e. The molecule has 0 aliphatic carbocycles. The van der Waals surface area contributed by atoms with Crippen LogP contribution in [0, 0.1) is 18.2 Å². The fourth-order valence-electron chi connectivity index (χ4n) is 7.48. The summed E-state index contributed by atoms with van der Waals surface area (Å²) >= 11 is 7.11. The monoisotopic (exact) mass is 599 g/mol. The first-order valence-electron chi connectivity index (χ1n) is 14.8. The number of aromatic hydroxyl groups is 1. The zero-order chi connectivity index (χ0) is 29.4. The third-order valence-corrected chi connectivity index (χ3v) is 9.99. The molecule has 3 unspecified atom stereocenters. The lowest BCUT2D eigenvalue weighted by Gasteiger charge is -2.40. The van der Waals surface area contributed by atoms with Crippen LogP contribution in [0.1, 0.15) is 31.2 Å². The second-order valence-electron chi connectivity index (χ2n) is 12.1. The van der Waals surface area contributed by atoms with Crippen LogP contribution in [0.25, 0.3) is 32.8 Å². The van der Waals surface area contributed by atoms with Gasteiger partial charge in [0.2, 0.25) is 0 Å². The van der Waals surface area contributed by atoms with E-state index in [1.54, 1.807) is 18.2 Å². The first-order valence-corrected chi connectivity index (χ1v) is 15.2. The van der Waals surface area contributed by atoms with Crippen molar-refractivity contribution in [2.75, 3.05) is 38.3 Å². The number of aromatic nitrogens is 2. The number of nitrogens with one attached hydrogen (secondary N) is 1. The van der Waals surface area contributed by atoms with Gasteiger partial charge in [0, 0.05) is 41.2 Å². The quantitative estimate of drug-likeness (QED) is 0.314. The van der Waals surface area contributed by atoms with E-state index in [-0.39, 0.29) is 46.0 Å². The Kier molecular flexibility index (Phi) is 6.30. The summed E-state index contributed by atoms with van der Waals surface area (Å²) in [6.07, 6.45) is 10.1. The average Bonchev–Trinajstić information content (AvgIpc) is 3.55. The minimum absolute atomic E-state index is 0.0183. The molecule has 2 N–H and O–H groups in total. The van der Waals surface area contributed by atoms with E-state index in [4.69, 9.17) is 32.5 Å². The highest BCUT2D eigenvalue weighted by Crippen LogP contribution is 2.51. The molecule has 8 rings (SSSR count). The number of hydrogen-bond acceptors (Lipinski definition) is 8. The molecule has 1 aromatic heterocycles. The molecular formula is C33H31ClFN5O3. The van der Waals surface area contributed by atoms with Crippen molar-refractivity contribution in [1.29, 1.82) is 0 Å². The molecule has 0 saturated carbocycles. The zero-order valence-corrected chi connectivity index (χ0v) is 24.5. The van der Waals surface area contributed by atoms with Crippen molar-refractivity contribution in [3.05, 3.63) is 46.7 Å². The van der Waals surface area contributed by atoms with E-state index in [0.29, 0.717) is 64.7 Å². The number of likely N-dealkylation sites (tertiary alicyclic amines) is 1. The molecule has 220 valence electrons. The molecule has 4 atom stereocenters. The number of halogens is 2. The van der Waals surface area contributed by atoms with Gasteiger partial charge in [-0.25, -0.2) is 4.39 Å². The Balaban J connectivity index is 1.38. The third kappa shape index (κ3) is 4.19. The van der Waals surface area contributed by atoms with Crippen LogP contribution in [0.4, 0.5) is 10.2 Å². The topological polar surface area (TPSA) is 83.0 Å². The lowest BCUT2D eigenvalue weighted by molar-refractivity contribution is 0.188. The molecule has 8 nitrogen and oxygen atoms in total. The Morgan fingerprint density at radius 2 is 2.12 bits per heavy atom. The van der Waals surface area contributed by atoms with Crippen molar-refractivity contribution >= 4 is 39.1 Å². The number of hydrogen-bond donors (Lipinski definition) is 2. The van der Waals surface area contributed by atoms with E-state index in [0.717, 1.165) is 32.2 Å². The predicted molar refractivity (Wildman–Crippen MR) is 165 cm³/mol. The Morgan fingerprint density at radius 3 is 2.93 bits per heavy atom. The van der Waals surface area contributed by atoms with Crippen molar-refractivity contribution in [3.63, 3.8) is 0 Å². The van der Waals surface area contributed by atoms with Gasteiger partial charge in [0.15, 0.2) is 11.6 Å². The highest BCUT2D eigenvalue weighted by atomic mass is 35.5. The van der Waals surface area contributed by atoms with Gasteiger partial charge in [0.25, 0.3) is 0 Å². The van der Waals surface area contributed by atoms with E-state index in [9.17, 15) is 5.11 Å². The van der Waals surface area contributed by atoms with Crippen LogP contribution in [-0.4, -0.2) is 77.5 Å². The SMILES string of the molecule is C#Cc1cccc2cc(O)cc(-c3c(Cl)c4c5c(nc(OC[C@@H]6CCCN6C)nc5c3F)N3CC5CCC(N5)C3CO4)c12. The summed E-state index contributed by atoms with van der Waals surface area (Å²) in [7, 11) is 2.08. The van der Waals surface area contributed by atoms with Crippen LogP contribution in [0.5, 0.6) is 17.5 Å². The van der Waals surface area contributed by atoms with Gasteiger partial charge in [-0.3, -0.25) is 0 Å². The van der Waals surface area contributed by atoms with Crippen LogP contribution in [0.2, 0.25) is 5.02 Å². The number of phenols is 1. The molecule has 3 fully saturated rings. The molecule has 10 heteroatoms. The smallest absolute Gasteiger partial charge is 0.319 e. The number of nitrogens with zero attached hydrogens (tertiary/aromatic N) is 4. The van der Waals surface area contributed by atoms with Crippen molar-refractivity contribution in [2.45, 2.75) is 49.9 Å². The van der Waals surface area contributed by atoms with Crippen molar-refractivity contribution < 1.29 is 19.0 Å². The van der Waals surface area contributed by atoms with Gasteiger partial charge in [-0.15, -0.1) is 6.42 Å². The molecule has 4 aliphatic heterocycles. The second kappa shape index (κ2) is 10.1. The largest absolute Gasteiger partial charge is 0.508 e. The fourth-order valence-corrected chi connectivity index (χ4v) is 7.81. The van der Waals surface area contributed by atoms with Gasteiger partial charge in [-0.2, -0.15) is 9.97 Å². The molecular weight excluding hydrogens is 569 g/mol. The van der Waals surface area contributed by atoms with Gasteiger partial charge in [-0.1, -0.05) is 29.7 Å². The minimum atomic E-state index is -0.644. The zero-order valence-electron chi connectivity index (χ0n) is 23.7. The standard InChI is InChI=1S/C33H31ClFN5O3/c1-3-17-6-4-7-18-12-21(41)13-22(25(17)18)26-28(34)31-27-30(29(26)35)37-33(43-15-20-8-5-11-39(20)2)38-32(27)40-14-19-9-10-23(36-19)24(40)16-42-31/h1,4,6-7,12-13,19-20,23-24,36,41H,5,8-11,14-16H2,2H3/t19?,20-,23?,24?/m0/s1. The highest BCUT2D eigenvalue weighted by molar-refractivity contribution is 6.37. The third-order valence-electron chi connectivity index (χ3n) is 9.63. The van der Waals surface area contributed by atoms with Crippen molar-refractivity contribution in [3.8, 4) is 41.0 Å². The summed E-state index contributed by atoms with van der Waals surface area (Å²) in [6.45, 7) is 2.48. The predicted octanol–water partition coefficient (Wildman–Crippen LogP) is 5.10. The molecule has 3 saturated heterocycles. The van der Waals surface area contributed by atoms with Crippen LogP contribution in [0.15, 0.2) is 30.3 Å². The number of anilines is 1. The van der Waals surface area contributed by atoms with Gasteiger partial charge in [0.1, 0.15) is 30.3 Å². The summed E-state index contributed by atoms with van der Waals surface area (Å²) in [5.41, 5.74) is 1.06. The van der Waals surface area contributed by atoms with Crippen LogP contribution in [0.3, 0.4) is 0 Å². The van der Waals surface area contributed by atoms with Crippen LogP contribution < -0.4 is 19.7 Å². The van der Waals surface area contributed by atoms with Gasteiger partial charge < -0.3 is 29.7 Å². The summed E-state index contributed by atoms with van der Waals surface area (Å²) in [4.78, 5) is 14.1. The van der Waals surface area contributed by atoms with E-state index >= 15 is 4.39 Å². The normalized spacial score (nSPS) is 24.6. The number of phenolic OH excluding ortho intramolecular Hbond substituents is 1. The van der Waals surface area contributed by atoms with Gasteiger partial charge >= 0.3 is 6.01 Å². The lowest BCUT2D eigenvalue weighted by Crippen LogP contribution is -2.60. The minimum Gasteiger partial charge on any atom is -0.508 e. The Bertz CT molecular complexity index is 1840. The molecule has 4 aromatic rings. The molecule has 0 spiro atoms. The van der Waals surface area contributed by atoms with Gasteiger partial charge in [-0.05, 0) is 68.4 Å². The Labute approximate surface area is 253 Å². The van der Waals surface area contributed by atoms with Crippen molar-refractivity contribution in [1.82, 2.24) is 20.2 Å². The summed E-state index contributed by atoms with van der Waals surface area (Å²) in [6, 6.07) is 9.38. The summed E-state index contributed by atoms with van der Waals surface area (Å²) < 4.78 is 29.8. The number of rotatable bonds is 4. The number of terminal acetylenes is 1. The Morgan fingerprint density at radius 1 is 1.23 bits per heavy atom. The second-order valence-corrected chi connectivity index (χ2v) is 12.5. The molecule has 0 radical (unpaired) electrons. The molecule has 3 aromatic carbocycles. The lowest BCUT2D eigenvalue weighted by atomic mass is 9.93. The number of fused-ring (bicyclic) bond motifs is 6. The molecule has 4 aliphatic rings. The van der Waals surface area contributed by atoms with E-state index in [1.807, 2.05) is 6.07 Å². The van der Waals surface area contributed by atoms with E-state index in [2.05, 4.69) is 33.1 Å². The molecule has 43 heavy (non-hydrogen) atoms. The maximum absolute atomic E-state index is 17.1. The number of benzene rings is 3. The highest BCUT2D eigenvalue weighted by Gasteiger charge is 2.44. The number of piperazine rings is 1. The van der Waals surface area contributed by atoms with Gasteiger partial charge in [0.05, 0.1) is 16.5 Å². The molecule has 2 bridgehead atoms. The Hall–Kier alpha value is -3.84. The summed E-state index contributed by atoms with van der Waals surface area (Å²) in [5, 5.41) is 16.2. The first kappa shape index (κ1) is 26.8. The fraction of sp³-hybridized carbons (Fsp3) is 0.394. The van der Waals surface area contributed by atoms with E-state index in [1.165, 1.54) is 6.07 Å². The first-order chi connectivity index (χ1) is 20.9. The maximum atomic E-state index is 17.1. The van der Waals surface area contributed by atoms with E-state index < -0.39 is 5.82 Å². The average molecular weight is 600 g/mol. The van der Waals surface area contributed by atoms with Crippen LogP contribution in [-0.2, 0) is 0 Å². The van der Waals surface area contributed by atoms with Crippen molar-refractivity contribution in [2.24, 2.45) is 0 Å².